The Labute approximate surface area is 72.7 Å². The molecule has 0 saturated carbocycles. The number of anilines is 1. The number of hydrogen-bond donors (Lipinski definition) is 1. The topological polar surface area (TPSA) is 109 Å². The average Bonchev–Trinajstić information content (AvgIpc) is 2.03. The summed E-state index contributed by atoms with van der Waals surface area (Å²) in [6.07, 6.45) is 0. The van der Waals surface area contributed by atoms with E-state index < -0.39 is 16.6 Å². The van der Waals surface area contributed by atoms with E-state index in [2.05, 4.69) is 0 Å². The predicted molar refractivity (Wildman–Crippen MR) is 41.8 cm³/mol. The third-order valence-electron chi connectivity index (χ3n) is 1.50. The van der Waals surface area contributed by atoms with Crippen LogP contribution < -0.4 is 10.8 Å². The van der Waals surface area contributed by atoms with E-state index >= 15 is 0 Å². The van der Waals surface area contributed by atoms with Crippen LogP contribution in [-0.4, -0.2) is 10.9 Å². The van der Waals surface area contributed by atoms with Crippen LogP contribution in [0.5, 0.6) is 0 Å². The van der Waals surface area contributed by atoms with Crippen molar-refractivity contribution < 1.29 is 14.8 Å². The molecule has 2 N–H and O–H groups in total. The van der Waals surface area contributed by atoms with Gasteiger partial charge in [-0.2, -0.15) is 0 Å². The molecule has 0 aliphatic heterocycles. The van der Waals surface area contributed by atoms with Gasteiger partial charge in [-0.1, -0.05) is 12.1 Å². The average molecular weight is 181 g/mol. The van der Waals surface area contributed by atoms with Crippen molar-refractivity contribution in [1.82, 2.24) is 0 Å². The van der Waals surface area contributed by atoms with Crippen molar-refractivity contribution in [2.24, 2.45) is 0 Å². The standard InChI is InChI=1S/C7H6N2O4/c8-6-4(7(10)11)2-1-3-5(6)9(12)13/h1-3H,8H2,(H,10,11)/p-1. The number of nitrogen functional groups attached to an aromatic ring is 1. The minimum atomic E-state index is -1.53. The zero-order chi connectivity index (χ0) is 10.0. The minimum Gasteiger partial charge on any atom is -0.545 e. The highest BCUT2D eigenvalue weighted by Crippen LogP contribution is 2.23. The highest BCUT2D eigenvalue weighted by Gasteiger charge is 2.14. The summed E-state index contributed by atoms with van der Waals surface area (Å²) in [5, 5.41) is 20.7. The highest BCUT2D eigenvalue weighted by molar-refractivity contribution is 5.94. The smallest absolute Gasteiger partial charge is 0.292 e. The largest absolute Gasteiger partial charge is 0.545 e. The van der Waals surface area contributed by atoms with Crippen molar-refractivity contribution in [1.29, 1.82) is 0 Å². The van der Waals surface area contributed by atoms with Gasteiger partial charge in [-0.25, -0.2) is 0 Å². The SMILES string of the molecule is Nc1c(C(=O)[O-])cccc1[N+](=O)[O-]. The zero-order valence-electron chi connectivity index (χ0n) is 6.39. The lowest BCUT2D eigenvalue weighted by molar-refractivity contribution is -0.384. The molecule has 0 fully saturated rings. The van der Waals surface area contributed by atoms with Crippen LogP contribution in [0.1, 0.15) is 10.4 Å². The molecule has 0 spiro atoms. The van der Waals surface area contributed by atoms with Gasteiger partial charge in [0.25, 0.3) is 5.69 Å². The molecule has 0 aliphatic carbocycles. The maximum Gasteiger partial charge on any atom is 0.292 e. The number of carboxylic acid groups (broad SMARTS) is 1. The Bertz CT molecular complexity index is 343. The molecule has 1 rings (SSSR count). The number of hydrogen-bond acceptors (Lipinski definition) is 5. The Kier molecular flexibility index (Phi) is 2.14. The Balaban J connectivity index is 3.35. The number of carbonyl (C=O) groups is 1. The van der Waals surface area contributed by atoms with Crippen LogP contribution in [0, 0.1) is 10.1 Å². The molecule has 1 aromatic carbocycles. The van der Waals surface area contributed by atoms with Gasteiger partial charge in [0, 0.05) is 11.6 Å². The van der Waals surface area contributed by atoms with Crippen LogP contribution in [-0.2, 0) is 0 Å². The molecule has 1 aromatic rings. The van der Waals surface area contributed by atoms with Crippen molar-refractivity contribution in [2.75, 3.05) is 5.73 Å². The van der Waals surface area contributed by atoms with Gasteiger partial charge in [-0.15, -0.1) is 0 Å². The van der Waals surface area contributed by atoms with E-state index in [1.807, 2.05) is 0 Å². The lowest BCUT2D eigenvalue weighted by atomic mass is 10.1. The molecule has 0 bridgehead atoms. The molecule has 0 amide bonds. The summed E-state index contributed by atoms with van der Waals surface area (Å²) in [5.74, 6) is -1.53. The van der Waals surface area contributed by atoms with Crippen molar-refractivity contribution in [3.8, 4) is 0 Å². The maximum atomic E-state index is 10.4. The molecule has 0 heterocycles. The second-order valence-corrected chi connectivity index (χ2v) is 2.28. The van der Waals surface area contributed by atoms with Gasteiger partial charge in [0.05, 0.1) is 10.9 Å². The fourth-order valence-electron chi connectivity index (χ4n) is 0.890. The number of nitro benzene ring substituents is 1. The van der Waals surface area contributed by atoms with Crippen LogP contribution in [0.2, 0.25) is 0 Å². The number of rotatable bonds is 2. The van der Waals surface area contributed by atoms with Gasteiger partial charge in [-0.3, -0.25) is 10.1 Å². The summed E-state index contributed by atoms with van der Waals surface area (Å²) in [5.41, 5.74) is 4.05. The monoisotopic (exact) mass is 181 g/mol. The van der Waals surface area contributed by atoms with Crippen LogP contribution in [0.15, 0.2) is 18.2 Å². The zero-order valence-corrected chi connectivity index (χ0v) is 6.39. The van der Waals surface area contributed by atoms with Crippen LogP contribution >= 0.6 is 0 Å². The molecule has 0 aliphatic rings. The van der Waals surface area contributed by atoms with Crippen molar-refractivity contribution >= 4 is 17.3 Å². The van der Waals surface area contributed by atoms with Crippen LogP contribution in [0.4, 0.5) is 11.4 Å². The first-order valence-electron chi connectivity index (χ1n) is 3.28. The number of carboxylic acids is 1. The van der Waals surface area contributed by atoms with E-state index in [-0.39, 0.29) is 11.3 Å². The van der Waals surface area contributed by atoms with Gasteiger partial charge in [0.15, 0.2) is 0 Å². The minimum absolute atomic E-state index is 0.366. The van der Waals surface area contributed by atoms with E-state index in [0.29, 0.717) is 0 Å². The molecule has 0 unspecified atom stereocenters. The van der Waals surface area contributed by atoms with E-state index in [4.69, 9.17) is 5.73 Å². The Morgan fingerprint density at radius 1 is 1.46 bits per heavy atom. The summed E-state index contributed by atoms with van der Waals surface area (Å²) >= 11 is 0. The summed E-state index contributed by atoms with van der Waals surface area (Å²) < 4.78 is 0. The summed E-state index contributed by atoms with van der Waals surface area (Å²) in [6, 6.07) is 3.51. The third-order valence-corrected chi connectivity index (χ3v) is 1.50. The Morgan fingerprint density at radius 3 is 2.54 bits per heavy atom. The molecule has 6 heteroatoms. The lowest BCUT2D eigenvalue weighted by Crippen LogP contribution is -2.23. The first-order valence-corrected chi connectivity index (χ1v) is 3.28. The van der Waals surface area contributed by atoms with E-state index in [1.54, 1.807) is 0 Å². The van der Waals surface area contributed by atoms with E-state index in [1.165, 1.54) is 6.07 Å². The van der Waals surface area contributed by atoms with Gasteiger partial charge < -0.3 is 15.6 Å². The van der Waals surface area contributed by atoms with Gasteiger partial charge in [0.1, 0.15) is 5.69 Å². The number of para-hydroxylation sites is 1. The quantitative estimate of drug-likeness (QED) is 0.377. The number of aromatic carboxylic acids is 1. The van der Waals surface area contributed by atoms with Gasteiger partial charge in [0.2, 0.25) is 0 Å². The molecular formula is C7H5N2O4-. The number of nitrogens with two attached hydrogens (primary N) is 1. The van der Waals surface area contributed by atoms with Gasteiger partial charge >= 0.3 is 0 Å². The molecule has 0 radical (unpaired) electrons. The molecule has 0 aromatic heterocycles. The predicted octanol–water partition coefficient (Wildman–Crippen LogP) is -0.460. The fourth-order valence-corrected chi connectivity index (χ4v) is 0.890. The van der Waals surface area contributed by atoms with Crippen LogP contribution in [0.25, 0.3) is 0 Å². The number of nitro groups is 1. The first kappa shape index (κ1) is 8.98. The van der Waals surface area contributed by atoms with E-state index in [0.717, 1.165) is 12.1 Å². The maximum absolute atomic E-state index is 10.4. The second kappa shape index (κ2) is 3.10. The molecule has 68 valence electrons. The normalized spacial score (nSPS) is 9.54. The first-order chi connectivity index (χ1) is 6.04. The van der Waals surface area contributed by atoms with Crippen molar-refractivity contribution in [3.05, 3.63) is 33.9 Å². The Morgan fingerprint density at radius 2 is 2.08 bits per heavy atom. The van der Waals surface area contributed by atoms with Crippen LogP contribution in [0.3, 0.4) is 0 Å². The third kappa shape index (κ3) is 1.56. The molecule has 6 nitrogen and oxygen atoms in total. The molecule has 13 heavy (non-hydrogen) atoms. The van der Waals surface area contributed by atoms with Gasteiger partial charge in [-0.05, 0) is 0 Å². The lowest BCUT2D eigenvalue weighted by Gasteiger charge is -2.05. The number of benzene rings is 1. The Hall–Kier alpha value is -2.11. The summed E-state index contributed by atoms with van der Waals surface area (Å²) in [7, 11) is 0. The number of nitrogens with zero attached hydrogens (tertiary/aromatic N) is 1. The molecule has 0 saturated heterocycles. The van der Waals surface area contributed by atoms with E-state index in [9.17, 15) is 20.0 Å². The number of carbonyl (C=O) groups excluding carboxylic acids is 1. The molecule has 0 atom stereocenters. The fraction of sp³-hybridized carbons (Fsp3) is 0. The molecular weight excluding hydrogens is 176 g/mol. The highest BCUT2D eigenvalue weighted by atomic mass is 16.6. The van der Waals surface area contributed by atoms with Crippen molar-refractivity contribution in [2.45, 2.75) is 0 Å². The summed E-state index contributed by atoms with van der Waals surface area (Å²) in [6.45, 7) is 0. The summed E-state index contributed by atoms with van der Waals surface area (Å²) in [4.78, 5) is 19.9. The second-order valence-electron chi connectivity index (χ2n) is 2.28. The van der Waals surface area contributed by atoms with Crippen molar-refractivity contribution in [3.63, 3.8) is 0 Å².